The minimum Gasteiger partial charge on any atom is -0.280 e. The molecule has 7 nitrogen and oxygen atoms in total. The van der Waals surface area contributed by atoms with Gasteiger partial charge in [0.05, 0.1) is 21.7 Å². The first-order chi connectivity index (χ1) is 18.2. The van der Waals surface area contributed by atoms with Crippen molar-refractivity contribution in [3.63, 3.8) is 0 Å². The van der Waals surface area contributed by atoms with Crippen molar-refractivity contribution in [2.75, 3.05) is 9.62 Å². The lowest BCUT2D eigenvalue weighted by Crippen LogP contribution is -2.30. The highest BCUT2D eigenvalue weighted by Gasteiger charge is 2.23. The molecule has 38 heavy (non-hydrogen) atoms. The highest BCUT2D eigenvalue weighted by atomic mass is 35.5. The quantitative estimate of drug-likeness (QED) is 0.241. The minimum atomic E-state index is -3.80. The van der Waals surface area contributed by atoms with E-state index < -0.39 is 10.0 Å². The van der Waals surface area contributed by atoms with Gasteiger partial charge in [0.25, 0.3) is 15.9 Å². The molecule has 5 rings (SSSR count). The number of nitrogens with one attached hydrogen (secondary N) is 1. The number of sulfonamides is 1. The van der Waals surface area contributed by atoms with Gasteiger partial charge in [0, 0.05) is 28.7 Å². The second-order valence-electron chi connectivity index (χ2n) is 8.79. The number of halogens is 1. The summed E-state index contributed by atoms with van der Waals surface area (Å²) in [6.45, 7) is 4.37. The zero-order valence-corrected chi connectivity index (χ0v) is 22.9. The van der Waals surface area contributed by atoms with Crippen LogP contribution in [0.5, 0.6) is 0 Å². The molecular formula is C28H23ClN4O3S2. The Labute approximate surface area is 229 Å². The first-order valence-corrected chi connectivity index (χ1v) is 14.3. The van der Waals surface area contributed by atoms with Crippen LogP contribution in [0.25, 0.3) is 10.2 Å². The number of rotatable bonds is 7. The molecule has 0 bridgehead atoms. The SMILES string of the molecule is Cc1cc2nc(N(Cc3cccnc3)C(=O)c3ccc(NS(=O)(=O)c4ccc(Cl)cc4)cc3)sc2cc1C. The fraction of sp³-hybridized carbons (Fsp3) is 0.107. The molecule has 0 unspecified atom stereocenters. The summed E-state index contributed by atoms with van der Waals surface area (Å²) in [5, 5.41) is 1.02. The molecule has 0 fully saturated rings. The van der Waals surface area contributed by atoms with Crippen LogP contribution in [0, 0.1) is 13.8 Å². The van der Waals surface area contributed by atoms with E-state index in [4.69, 9.17) is 16.6 Å². The molecule has 5 aromatic rings. The van der Waals surface area contributed by atoms with Crippen LogP contribution in [0.2, 0.25) is 5.02 Å². The van der Waals surface area contributed by atoms with Crippen molar-refractivity contribution in [1.82, 2.24) is 9.97 Å². The summed E-state index contributed by atoms with van der Waals surface area (Å²) in [6.07, 6.45) is 3.40. The van der Waals surface area contributed by atoms with E-state index in [2.05, 4.69) is 22.7 Å². The lowest BCUT2D eigenvalue weighted by molar-refractivity contribution is 0.0985. The Kier molecular flexibility index (Phi) is 7.16. The molecule has 0 saturated heterocycles. The molecule has 2 heterocycles. The molecule has 3 aromatic carbocycles. The summed E-state index contributed by atoms with van der Waals surface area (Å²) in [7, 11) is -3.80. The summed E-state index contributed by atoms with van der Waals surface area (Å²) in [4.78, 5) is 24.4. The zero-order valence-electron chi connectivity index (χ0n) is 20.6. The number of aryl methyl sites for hydroxylation is 2. The van der Waals surface area contributed by atoms with E-state index in [0.717, 1.165) is 26.9 Å². The van der Waals surface area contributed by atoms with Crippen LogP contribution in [0.3, 0.4) is 0 Å². The lowest BCUT2D eigenvalue weighted by Gasteiger charge is -2.20. The Morgan fingerprint density at radius 3 is 2.39 bits per heavy atom. The highest BCUT2D eigenvalue weighted by Crippen LogP contribution is 2.32. The number of benzene rings is 3. The number of pyridine rings is 1. The zero-order chi connectivity index (χ0) is 26.9. The second-order valence-corrected chi connectivity index (χ2v) is 11.9. The van der Waals surface area contributed by atoms with E-state index in [9.17, 15) is 13.2 Å². The first kappa shape index (κ1) is 25.8. The third kappa shape index (κ3) is 5.55. The van der Waals surface area contributed by atoms with Gasteiger partial charge in [0.1, 0.15) is 0 Å². The molecule has 0 aliphatic carbocycles. The van der Waals surface area contributed by atoms with Crippen LogP contribution in [-0.2, 0) is 16.6 Å². The first-order valence-electron chi connectivity index (χ1n) is 11.7. The second kappa shape index (κ2) is 10.5. The standard InChI is InChI=1S/C28H23ClN4O3S2/c1-18-14-25-26(15-19(18)2)37-28(31-25)33(17-20-4-3-13-30-16-20)27(34)21-5-9-23(10-6-21)32-38(35,36)24-11-7-22(29)8-12-24/h3-16,32H,17H2,1-2H3. The normalized spacial score (nSPS) is 11.4. The maximum Gasteiger partial charge on any atom is 0.261 e. The molecule has 0 saturated carbocycles. The number of hydrogen-bond donors (Lipinski definition) is 1. The van der Waals surface area contributed by atoms with Crippen molar-refractivity contribution in [2.24, 2.45) is 0 Å². The largest absolute Gasteiger partial charge is 0.280 e. The number of aromatic nitrogens is 2. The lowest BCUT2D eigenvalue weighted by atomic mass is 10.1. The van der Waals surface area contributed by atoms with Gasteiger partial charge in [-0.05, 0) is 97.3 Å². The molecule has 1 N–H and O–H groups in total. The maximum absolute atomic E-state index is 13.7. The molecule has 0 atom stereocenters. The molecule has 10 heteroatoms. The van der Waals surface area contributed by atoms with Crippen LogP contribution in [0.15, 0.2) is 90.1 Å². The molecule has 0 radical (unpaired) electrons. The summed E-state index contributed by atoms with van der Waals surface area (Å²) in [5.74, 6) is -0.256. The molecular weight excluding hydrogens is 540 g/mol. The van der Waals surface area contributed by atoms with E-state index in [1.807, 2.05) is 25.1 Å². The number of hydrogen-bond acceptors (Lipinski definition) is 6. The summed E-state index contributed by atoms with van der Waals surface area (Å²) >= 11 is 7.32. The number of anilines is 2. The molecule has 2 aromatic heterocycles. The molecule has 0 spiro atoms. The number of amides is 1. The number of fused-ring (bicyclic) bond motifs is 1. The Morgan fingerprint density at radius 1 is 1.00 bits per heavy atom. The Morgan fingerprint density at radius 2 is 1.71 bits per heavy atom. The molecule has 0 aliphatic rings. The van der Waals surface area contributed by atoms with Gasteiger partial charge < -0.3 is 0 Å². The van der Waals surface area contributed by atoms with Crippen molar-refractivity contribution < 1.29 is 13.2 Å². The Balaban J connectivity index is 1.44. The Hall–Kier alpha value is -3.79. The van der Waals surface area contributed by atoms with Crippen molar-refractivity contribution in [3.8, 4) is 0 Å². The minimum absolute atomic E-state index is 0.0889. The van der Waals surface area contributed by atoms with Gasteiger partial charge in [0.15, 0.2) is 5.13 Å². The maximum atomic E-state index is 13.7. The topological polar surface area (TPSA) is 92.3 Å². The van der Waals surface area contributed by atoms with Gasteiger partial charge in [0.2, 0.25) is 0 Å². The predicted octanol–water partition coefficient (Wildman–Crippen LogP) is 6.61. The third-order valence-corrected chi connectivity index (χ3v) is 8.73. The average molecular weight is 563 g/mol. The van der Waals surface area contributed by atoms with E-state index >= 15 is 0 Å². The van der Waals surface area contributed by atoms with Crippen LogP contribution in [0.1, 0.15) is 27.0 Å². The summed E-state index contributed by atoms with van der Waals surface area (Å²) < 4.78 is 29.0. The number of carbonyl (C=O) groups excluding carboxylic acids is 1. The van der Waals surface area contributed by atoms with Crippen molar-refractivity contribution in [3.05, 3.63) is 112 Å². The van der Waals surface area contributed by atoms with E-state index in [-0.39, 0.29) is 17.3 Å². The van der Waals surface area contributed by atoms with Crippen LogP contribution < -0.4 is 9.62 Å². The molecule has 0 aliphatic heterocycles. The fourth-order valence-electron chi connectivity index (χ4n) is 3.85. The third-order valence-electron chi connectivity index (χ3n) is 6.04. The number of nitrogens with zero attached hydrogens (tertiary/aromatic N) is 3. The summed E-state index contributed by atoms with van der Waals surface area (Å²) in [6, 6.07) is 20.0. The van der Waals surface area contributed by atoms with Crippen LogP contribution >= 0.6 is 22.9 Å². The summed E-state index contributed by atoms with van der Waals surface area (Å²) in [5.41, 5.74) is 4.73. The van der Waals surface area contributed by atoms with Crippen LogP contribution in [0.4, 0.5) is 10.8 Å². The van der Waals surface area contributed by atoms with Crippen molar-refractivity contribution in [2.45, 2.75) is 25.3 Å². The van der Waals surface area contributed by atoms with Gasteiger partial charge >= 0.3 is 0 Å². The smallest absolute Gasteiger partial charge is 0.261 e. The predicted molar refractivity (Wildman–Crippen MR) is 153 cm³/mol. The molecule has 1 amide bonds. The van der Waals surface area contributed by atoms with Crippen LogP contribution in [-0.4, -0.2) is 24.3 Å². The van der Waals surface area contributed by atoms with Crippen molar-refractivity contribution in [1.29, 1.82) is 0 Å². The van der Waals surface area contributed by atoms with E-state index in [0.29, 0.717) is 21.4 Å². The van der Waals surface area contributed by atoms with Gasteiger partial charge in [-0.2, -0.15) is 0 Å². The highest BCUT2D eigenvalue weighted by molar-refractivity contribution is 7.92. The van der Waals surface area contributed by atoms with Gasteiger partial charge in [-0.3, -0.25) is 19.4 Å². The van der Waals surface area contributed by atoms with E-state index in [1.54, 1.807) is 41.6 Å². The van der Waals surface area contributed by atoms with Gasteiger partial charge in [-0.25, -0.2) is 13.4 Å². The van der Waals surface area contributed by atoms with Crippen molar-refractivity contribution >= 4 is 59.9 Å². The Bertz CT molecular complexity index is 1680. The van der Waals surface area contributed by atoms with E-state index in [1.165, 1.54) is 35.6 Å². The fourth-order valence-corrected chi connectivity index (χ4v) is 6.08. The average Bonchev–Trinajstić information content (AvgIpc) is 3.30. The monoisotopic (exact) mass is 562 g/mol. The van der Waals surface area contributed by atoms with Gasteiger partial charge in [-0.1, -0.05) is 29.0 Å². The van der Waals surface area contributed by atoms with Gasteiger partial charge in [-0.15, -0.1) is 0 Å². The number of carbonyl (C=O) groups is 1. The molecule has 192 valence electrons. The number of thiazole rings is 1.